The van der Waals surface area contributed by atoms with Gasteiger partial charge >= 0.3 is 0 Å². The highest BCUT2D eigenvalue weighted by atomic mass is 79.9. The molecule has 0 aliphatic rings. The minimum atomic E-state index is -3.10. The van der Waals surface area contributed by atoms with Crippen molar-refractivity contribution >= 4 is 37.4 Å². The minimum Gasteiger partial charge on any atom is -0.257 e. The second-order valence-electron chi connectivity index (χ2n) is 4.03. The van der Waals surface area contributed by atoms with Crippen LogP contribution in [0.4, 0.5) is 0 Å². The van der Waals surface area contributed by atoms with E-state index in [1.54, 1.807) is 6.07 Å². The van der Waals surface area contributed by atoms with E-state index in [4.69, 9.17) is 11.6 Å². The molecule has 0 radical (unpaired) electrons. The van der Waals surface area contributed by atoms with Crippen molar-refractivity contribution in [1.29, 1.82) is 0 Å². The Kier molecular flexibility index (Phi) is 4.76. The molecule has 16 heavy (non-hydrogen) atoms. The van der Waals surface area contributed by atoms with E-state index in [-0.39, 0.29) is 17.4 Å². The van der Waals surface area contributed by atoms with Crippen LogP contribution in [0.2, 0.25) is 5.02 Å². The van der Waals surface area contributed by atoms with Gasteiger partial charge in [-0.25, -0.2) is 8.42 Å². The van der Waals surface area contributed by atoms with E-state index in [1.807, 2.05) is 13.8 Å². The predicted octanol–water partition coefficient (Wildman–Crippen LogP) is 3.07. The van der Waals surface area contributed by atoms with Gasteiger partial charge in [0.2, 0.25) is 0 Å². The molecule has 0 fully saturated rings. The molecule has 0 aliphatic heterocycles. The number of hydrogen-bond donors (Lipinski definition) is 0. The van der Waals surface area contributed by atoms with Crippen LogP contribution in [-0.4, -0.2) is 19.2 Å². The van der Waals surface area contributed by atoms with Crippen LogP contribution in [0, 0.1) is 5.92 Å². The summed E-state index contributed by atoms with van der Waals surface area (Å²) >= 11 is 8.99. The van der Waals surface area contributed by atoms with Gasteiger partial charge in [0, 0.05) is 10.7 Å². The lowest BCUT2D eigenvalue weighted by atomic mass is 10.3. The summed E-state index contributed by atoms with van der Waals surface area (Å²) in [5, 5.41) is 0.483. The lowest BCUT2D eigenvalue weighted by molar-refractivity contribution is 0.581. The fourth-order valence-electron chi connectivity index (χ4n) is 1.32. The maximum absolute atomic E-state index is 11.8. The molecule has 0 aliphatic carbocycles. The third-order valence-corrected chi connectivity index (χ3v) is 4.61. The highest BCUT2D eigenvalue weighted by Crippen LogP contribution is 2.21. The van der Waals surface area contributed by atoms with Crippen molar-refractivity contribution in [3.8, 4) is 0 Å². The second-order valence-corrected chi connectivity index (χ2v) is 7.43. The lowest BCUT2D eigenvalue weighted by Crippen LogP contribution is -2.14. The third-order valence-electron chi connectivity index (χ3n) is 1.83. The zero-order valence-electron chi connectivity index (χ0n) is 9.07. The van der Waals surface area contributed by atoms with Gasteiger partial charge in [0.05, 0.1) is 22.2 Å². The molecule has 1 aromatic heterocycles. The van der Waals surface area contributed by atoms with E-state index >= 15 is 0 Å². The number of hydrogen-bond acceptors (Lipinski definition) is 3. The van der Waals surface area contributed by atoms with Gasteiger partial charge < -0.3 is 0 Å². The molecule has 6 heteroatoms. The summed E-state index contributed by atoms with van der Waals surface area (Å²) in [6.45, 7) is 3.75. The molecule has 0 bridgehead atoms. The Morgan fingerprint density at radius 2 is 2.12 bits per heavy atom. The number of halogens is 2. The molecule has 1 rings (SSSR count). The number of pyridine rings is 1. The van der Waals surface area contributed by atoms with Gasteiger partial charge in [-0.15, -0.1) is 0 Å². The Bertz CT molecular complexity index is 474. The number of aromatic nitrogens is 1. The normalized spacial score (nSPS) is 12.1. The highest BCUT2D eigenvalue weighted by Gasteiger charge is 2.16. The first-order chi connectivity index (χ1) is 7.30. The maximum atomic E-state index is 11.8. The monoisotopic (exact) mass is 325 g/mol. The van der Waals surface area contributed by atoms with E-state index in [0.29, 0.717) is 15.2 Å². The Labute approximate surface area is 109 Å². The first-order valence-electron chi connectivity index (χ1n) is 4.80. The first kappa shape index (κ1) is 13.9. The average Bonchev–Trinajstić information content (AvgIpc) is 2.07. The van der Waals surface area contributed by atoms with Gasteiger partial charge in [-0.3, -0.25) is 4.98 Å². The summed E-state index contributed by atoms with van der Waals surface area (Å²) in [4.78, 5) is 4.01. The van der Waals surface area contributed by atoms with Gasteiger partial charge in [-0.1, -0.05) is 25.4 Å². The van der Waals surface area contributed by atoms with Crippen molar-refractivity contribution in [1.82, 2.24) is 4.98 Å². The number of rotatable bonds is 4. The number of nitrogens with zero attached hydrogens (tertiary/aromatic N) is 1. The van der Waals surface area contributed by atoms with Crippen LogP contribution in [0.25, 0.3) is 0 Å². The van der Waals surface area contributed by atoms with E-state index < -0.39 is 9.84 Å². The van der Waals surface area contributed by atoms with Crippen molar-refractivity contribution in [2.45, 2.75) is 19.6 Å². The molecule has 0 unspecified atom stereocenters. The van der Waals surface area contributed by atoms with Gasteiger partial charge in [-0.2, -0.15) is 0 Å². The summed E-state index contributed by atoms with van der Waals surface area (Å²) < 4.78 is 24.1. The van der Waals surface area contributed by atoms with E-state index in [1.165, 1.54) is 6.20 Å². The fraction of sp³-hybridized carbons (Fsp3) is 0.500. The van der Waals surface area contributed by atoms with Crippen LogP contribution in [0.5, 0.6) is 0 Å². The molecule has 0 saturated carbocycles. The molecule has 0 aromatic carbocycles. The smallest absolute Gasteiger partial charge is 0.156 e. The van der Waals surface area contributed by atoms with Gasteiger partial charge in [-0.05, 0) is 27.9 Å². The molecule has 3 nitrogen and oxygen atoms in total. The fourth-order valence-corrected chi connectivity index (χ4v) is 4.07. The summed E-state index contributed by atoms with van der Waals surface area (Å²) in [6, 6.07) is 1.65. The van der Waals surface area contributed by atoms with E-state index in [9.17, 15) is 8.42 Å². The summed E-state index contributed by atoms with van der Waals surface area (Å²) in [5.41, 5.74) is 0.505. The topological polar surface area (TPSA) is 47.0 Å². The maximum Gasteiger partial charge on any atom is 0.156 e. The molecular formula is C10H13BrClNO2S. The van der Waals surface area contributed by atoms with Crippen molar-refractivity contribution < 1.29 is 8.42 Å². The summed E-state index contributed by atoms with van der Waals surface area (Å²) in [7, 11) is -3.10. The molecule has 0 atom stereocenters. The quantitative estimate of drug-likeness (QED) is 0.854. The molecule has 1 heterocycles. The molecule has 0 amide bonds. The van der Waals surface area contributed by atoms with E-state index in [2.05, 4.69) is 20.9 Å². The van der Waals surface area contributed by atoms with Gasteiger partial charge in [0.25, 0.3) is 0 Å². The van der Waals surface area contributed by atoms with Crippen LogP contribution in [0.15, 0.2) is 16.7 Å². The molecule has 0 saturated heterocycles. The van der Waals surface area contributed by atoms with Crippen LogP contribution in [0.1, 0.15) is 19.5 Å². The average molecular weight is 327 g/mol. The van der Waals surface area contributed by atoms with Crippen molar-refractivity contribution in [3.63, 3.8) is 0 Å². The van der Waals surface area contributed by atoms with Crippen LogP contribution in [0.3, 0.4) is 0 Å². The zero-order chi connectivity index (χ0) is 12.3. The number of sulfone groups is 1. The zero-order valence-corrected chi connectivity index (χ0v) is 12.2. The van der Waals surface area contributed by atoms with Crippen molar-refractivity contribution in [3.05, 3.63) is 27.5 Å². The largest absolute Gasteiger partial charge is 0.257 e. The van der Waals surface area contributed by atoms with Crippen LogP contribution >= 0.6 is 27.5 Å². The van der Waals surface area contributed by atoms with E-state index in [0.717, 1.165) is 0 Å². The standard InChI is InChI=1S/C10H13BrClNO2S/c1-7(2)5-16(14,15)6-10-9(11)3-8(12)4-13-10/h3-4,7H,5-6H2,1-2H3. The van der Waals surface area contributed by atoms with Gasteiger partial charge in [0.1, 0.15) is 0 Å². The Morgan fingerprint density at radius 3 is 2.62 bits per heavy atom. The third kappa shape index (κ3) is 4.39. The molecule has 0 N–H and O–H groups in total. The Balaban J connectivity index is 2.88. The van der Waals surface area contributed by atoms with Crippen LogP contribution < -0.4 is 0 Å². The minimum absolute atomic E-state index is 0.0526. The Morgan fingerprint density at radius 1 is 1.50 bits per heavy atom. The molecule has 0 spiro atoms. The highest BCUT2D eigenvalue weighted by molar-refractivity contribution is 9.10. The van der Waals surface area contributed by atoms with Gasteiger partial charge in [0.15, 0.2) is 9.84 Å². The first-order valence-corrected chi connectivity index (χ1v) is 7.80. The SMILES string of the molecule is CC(C)CS(=O)(=O)Cc1ncc(Cl)cc1Br. The predicted molar refractivity (Wildman–Crippen MR) is 69.3 cm³/mol. The van der Waals surface area contributed by atoms with Crippen molar-refractivity contribution in [2.75, 3.05) is 5.75 Å². The van der Waals surface area contributed by atoms with Crippen molar-refractivity contribution in [2.24, 2.45) is 5.92 Å². The Hall–Kier alpha value is -0.130. The second kappa shape index (κ2) is 5.47. The molecular weight excluding hydrogens is 314 g/mol. The van der Waals surface area contributed by atoms with Crippen LogP contribution in [-0.2, 0) is 15.6 Å². The summed E-state index contributed by atoms with van der Waals surface area (Å²) in [5.74, 6) is 0.239. The lowest BCUT2D eigenvalue weighted by Gasteiger charge is -2.07. The molecule has 1 aromatic rings. The summed E-state index contributed by atoms with van der Waals surface area (Å²) in [6.07, 6.45) is 1.45. The molecule has 90 valence electrons.